The van der Waals surface area contributed by atoms with Gasteiger partial charge in [-0.15, -0.1) is 0 Å². The molecule has 0 aliphatic carbocycles. The second-order valence-corrected chi connectivity index (χ2v) is 7.16. The fourth-order valence-corrected chi connectivity index (χ4v) is 3.05. The van der Waals surface area contributed by atoms with Gasteiger partial charge in [-0.2, -0.15) is 5.26 Å². The number of nitriles is 1. The molecule has 1 N–H and O–H groups in total. The van der Waals surface area contributed by atoms with Crippen molar-refractivity contribution in [2.75, 3.05) is 18.7 Å². The van der Waals surface area contributed by atoms with Crippen molar-refractivity contribution in [3.8, 4) is 17.6 Å². The molecule has 1 aliphatic rings. The number of carbonyl (C=O) groups is 2. The largest absolute Gasteiger partial charge is 0.454 e. The Morgan fingerprint density at radius 2 is 1.83 bits per heavy atom. The van der Waals surface area contributed by atoms with Gasteiger partial charge in [0.1, 0.15) is 0 Å². The first kappa shape index (κ1) is 20.4. The van der Waals surface area contributed by atoms with Crippen molar-refractivity contribution in [1.29, 1.82) is 5.26 Å². The summed E-state index contributed by atoms with van der Waals surface area (Å²) in [5.41, 5.74) is 2.40. The van der Waals surface area contributed by atoms with Crippen LogP contribution in [-0.4, -0.2) is 36.0 Å². The fourth-order valence-electron chi connectivity index (χ4n) is 3.05. The van der Waals surface area contributed by atoms with Crippen LogP contribution in [0.15, 0.2) is 36.4 Å². The summed E-state index contributed by atoms with van der Waals surface area (Å²) in [6, 6.07) is 12.7. The maximum absolute atomic E-state index is 12.7. The molecule has 29 heavy (non-hydrogen) atoms. The van der Waals surface area contributed by atoms with E-state index in [4.69, 9.17) is 14.7 Å². The number of ether oxygens (including phenoxy) is 2. The van der Waals surface area contributed by atoms with Gasteiger partial charge in [0, 0.05) is 24.2 Å². The monoisotopic (exact) mass is 393 g/mol. The molecule has 150 valence electrons. The number of carbonyl (C=O) groups excluding carboxylic acids is 2. The molecule has 0 bridgehead atoms. The molecule has 0 spiro atoms. The topological polar surface area (TPSA) is 91.7 Å². The van der Waals surface area contributed by atoms with Crippen molar-refractivity contribution in [3.05, 3.63) is 53.1 Å². The van der Waals surface area contributed by atoms with Gasteiger partial charge in [0.25, 0.3) is 0 Å². The zero-order chi connectivity index (χ0) is 21.0. The second-order valence-electron chi connectivity index (χ2n) is 7.16. The van der Waals surface area contributed by atoms with Gasteiger partial charge in [0.05, 0.1) is 23.9 Å². The number of amides is 1. The fraction of sp³-hybridized carbons (Fsp3) is 0.318. The van der Waals surface area contributed by atoms with E-state index in [0.717, 1.165) is 5.56 Å². The Balaban J connectivity index is 1.72. The van der Waals surface area contributed by atoms with E-state index in [0.29, 0.717) is 34.9 Å². The number of Topliss-reactive ketones (excluding diaryl/α,β-unsaturated/α-hetero) is 1. The van der Waals surface area contributed by atoms with Crippen LogP contribution in [0.1, 0.15) is 42.3 Å². The van der Waals surface area contributed by atoms with E-state index >= 15 is 0 Å². The highest BCUT2D eigenvalue weighted by Gasteiger charge is 2.21. The Kier molecular flexibility index (Phi) is 6.15. The van der Waals surface area contributed by atoms with E-state index in [-0.39, 0.29) is 31.1 Å². The summed E-state index contributed by atoms with van der Waals surface area (Å²) >= 11 is 0. The molecular weight excluding hydrogens is 370 g/mol. The lowest BCUT2D eigenvalue weighted by molar-refractivity contribution is -0.117. The van der Waals surface area contributed by atoms with Crippen molar-refractivity contribution in [3.63, 3.8) is 0 Å². The van der Waals surface area contributed by atoms with Crippen LogP contribution in [0, 0.1) is 11.3 Å². The minimum absolute atomic E-state index is 0.0931. The number of fused-ring (bicyclic) bond motifs is 1. The third-order valence-electron chi connectivity index (χ3n) is 4.71. The SMILES string of the molecule is CC(=O)c1cc2c(cc1NC(=O)CN(Cc1ccc(C#N)cc1)C(C)C)OCO2. The molecule has 7 heteroatoms. The van der Waals surface area contributed by atoms with Gasteiger partial charge in [-0.05, 0) is 44.5 Å². The van der Waals surface area contributed by atoms with E-state index < -0.39 is 0 Å². The van der Waals surface area contributed by atoms with E-state index in [9.17, 15) is 9.59 Å². The Hall–Kier alpha value is -3.37. The van der Waals surface area contributed by atoms with Gasteiger partial charge in [-0.25, -0.2) is 0 Å². The van der Waals surface area contributed by atoms with Crippen molar-refractivity contribution >= 4 is 17.4 Å². The minimum atomic E-state index is -0.228. The van der Waals surface area contributed by atoms with Gasteiger partial charge >= 0.3 is 0 Å². The standard InChI is InChI=1S/C22H23N3O4/c1-14(2)25(11-17-6-4-16(10-23)5-7-17)12-22(27)24-19-9-21-20(28-13-29-21)8-18(19)15(3)26/h4-9,14H,11-13H2,1-3H3,(H,24,27). The first-order chi connectivity index (χ1) is 13.9. The van der Waals surface area contributed by atoms with Gasteiger partial charge in [-0.1, -0.05) is 12.1 Å². The third kappa shape index (κ3) is 4.92. The van der Waals surface area contributed by atoms with Gasteiger partial charge in [0.15, 0.2) is 17.3 Å². The molecule has 0 atom stereocenters. The van der Waals surface area contributed by atoms with E-state index in [1.165, 1.54) is 6.92 Å². The average Bonchev–Trinajstić information content (AvgIpc) is 3.14. The van der Waals surface area contributed by atoms with Crippen molar-refractivity contribution in [2.24, 2.45) is 0 Å². The zero-order valence-corrected chi connectivity index (χ0v) is 16.7. The molecule has 3 rings (SSSR count). The lowest BCUT2D eigenvalue weighted by Crippen LogP contribution is -2.37. The molecular formula is C22H23N3O4. The Morgan fingerprint density at radius 3 is 2.41 bits per heavy atom. The summed E-state index contributed by atoms with van der Waals surface area (Å²) in [4.78, 5) is 26.7. The number of benzene rings is 2. The van der Waals surface area contributed by atoms with E-state index in [2.05, 4.69) is 11.4 Å². The molecule has 1 amide bonds. The zero-order valence-electron chi connectivity index (χ0n) is 16.7. The normalized spacial score (nSPS) is 12.1. The lowest BCUT2D eigenvalue weighted by Gasteiger charge is -2.26. The summed E-state index contributed by atoms with van der Waals surface area (Å²) < 4.78 is 10.7. The summed E-state index contributed by atoms with van der Waals surface area (Å²) in [6.45, 7) is 6.28. The van der Waals surface area contributed by atoms with Crippen molar-refractivity contribution in [2.45, 2.75) is 33.4 Å². The van der Waals surface area contributed by atoms with Crippen LogP contribution >= 0.6 is 0 Å². The van der Waals surface area contributed by atoms with Crippen LogP contribution in [-0.2, 0) is 11.3 Å². The number of rotatable bonds is 7. The Morgan fingerprint density at radius 1 is 1.17 bits per heavy atom. The van der Waals surface area contributed by atoms with E-state index in [1.54, 1.807) is 24.3 Å². The van der Waals surface area contributed by atoms with Gasteiger partial charge in [-0.3, -0.25) is 14.5 Å². The van der Waals surface area contributed by atoms with Gasteiger partial charge < -0.3 is 14.8 Å². The van der Waals surface area contributed by atoms with Gasteiger partial charge in [0.2, 0.25) is 12.7 Å². The van der Waals surface area contributed by atoms with Crippen LogP contribution in [0.25, 0.3) is 0 Å². The van der Waals surface area contributed by atoms with Crippen LogP contribution in [0.2, 0.25) is 0 Å². The number of nitrogens with one attached hydrogen (secondary N) is 1. The Bertz CT molecular complexity index is 961. The molecule has 2 aromatic rings. The summed E-state index contributed by atoms with van der Waals surface area (Å²) in [7, 11) is 0. The highest BCUT2D eigenvalue weighted by molar-refractivity contribution is 6.05. The summed E-state index contributed by atoms with van der Waals surface area (Å²) in [6.07, 6.45) is 0. The number of nitrogens with zero attached hydrogens (tertiary/aromatic N) is 2. The second kappa shape index (κ2) is 8.76. The molecule has 0 aromatic heterocycles. The lowest BCUT2D eigenvalue weighted by atomic mass is 10.1. The molecule has 0 radical (unpaired) electrons. The average molecular weight is 393 g/mol. The quantitative estimate of drug-likeness (QED) is 0.726. The number of hydrogen-bond donors (Lipinski definition) is 1. The molecule has 0 unspecified atom stereocenters. The van der Waals surface area contributed by atoms with Crippen molar-refractivity contribution < 1.29 is 19.1 Å². The van der Waals surface area contributed by atoms with Crippen LogP contribution < -0.4 is 14.8 Å². The first-order valence-electron chi connectivity index (χ1n) is 9.35. The summed E-state index contributed by atoms with van der Waals surface area (Å²) in [5.74, 6) is 0.604. The predicted octanol–water partition coefficient (Wildman–Crippen LogP) is 3.34. The molecule has 0 saturated carbocycles. The maximum Gasteiger partial charge on any atom is 0.238 e. The Labute approximate surface area is 169 Å². The molecule has 0 fully saturated rings. The predicted molar refractivity (Wildman–Crippen MR) is 108 cm³/mol. The van der Waals surface area contributed by atoms with Crippen LogP contribution in [0.3, 0.4) is 0 Å². The maximum atomic E-state index is 12.7. The highest BCUT2D eigenvalue weighted by Crippen LogP contribution is 2.37. The molecule has 7 nitrogen and oxygen atoms in total. The molecule has 1 aliphatic heterocycles. The molecule has 2 aromatic carbocycles. The van der Waals surface area contributed by atoms with E-state index in [1.807, 2.05) is 30.9 Å². The van der Waals surface area contributed by atoms with Crippen molar-refractivity contribution in [1.82, 2.24) is 4.90 Å². The third-order valence-corrected chi connectivity index (χ3v) is 4.71. The smallest absolute Gasteiger partial charge is 0.238 e. The number of ketones is 1. The molecule has 1 heterocycles. The molecule has 0 saturated heterocycles. The minimum Gasteiger partial charge on any atom is -0.454 e. The first-order valence-corrected chi connectivity index (χ1v) is 9.35. The highest BCUT2D eigenvalue weighted by atomic mass is 16.7. The summed E-state index contributed by atoms with van der Waals surface area (Å²) in [5, 5.41) is 11.8. The number of anilines is 1. The number of hydrogen-bond acceptors (Lipinski definition) is 6. The van der Waals surface area contributed by atoms with Crippen LogP contribution in [0.5, 0.6) is 11.5 Å². The van der Waals surface area contributed by atoms with Crippen LogP contribution in [0.4, 0.5) is 5.69 Å².